The Hall–Kier alpha value is -2.33. The summed E-state index contributed by atoms with van der Waals surface area (Å²) in [5, 5.41) is 0. The van der Waals surface area contributed by atoms with Crippen molar-refractivity contribution in [2.45, 2.75) is 26.9 Å². The first-order valence-corrected chi connectivity index (χ1v) is 7.64. The van der Waals surface area contributed by atoms with Gasteiger partial charge in [-0.1, -0.05) is 24.3 Å². The van der Waals surface area contributed by atoms with Gasteiger partial charge in [0.25, 0.3) is 5.91 Å². The Labute approximate surface area is 137 Å². The Kier molecular flexibility index (Phi) is 5.40. The topological polar surface area (TPSA) is 55.6 Å². The van der Waals surface area contributed by atoms with Gasteiger partial charge < -0.3 is 15.4 Å². The summed E-state index contributed by atoms with van der Waals surface area (Å²) in [5.41, 5.74) is 10.5. The van der Waals surface area contributed by atoms with Gasteiger partial charge in [0, 0.05) is 25.7 Å². The van der Waals surface area contributed by atoms with Crippen molar-refractivity contribution < 1.29 is 9.53 Å². The third-order valence-corrected chi connectivity index (χ3v) is 3.93. The van der Waals surface area contributed by atoms with Gasteiger partial charge in [-0.05, 0) is 48.2 Å². The average Bonchev–Trinajstić information content (AvgIpc) is 2.54. The molecule has 2 rings (SSSR count). The number of nitrogens with two attached hydrogens (primary N) is 1. The van der Waals surface area contributed by atoms with E-state index in [0.29, 0.717) is 18.7 Å². The summed E-state index contributed by atoms with van der Waals surface area (Å²) in [6.45, 7) is 5.07. The first-order chi connectivity index (χ1) is 11.0. The van der Waals surface area contributed by atoms with Crippen molar-refractivity contribution in [2.75, 3.05) is 14.2 Å². The molecule has 23 heavy (non-hydrogen) atoms. The minimum absolute atomic E-state index is 0.000282. The predicted octanol–water partition coefficient (Wildman–Crippen LogP) is 3.04. The van der Waals surface area contributed by atoms with E-state index in [-0.39, 0.29) is 5.91 Å². The quantitative estimate of drug-likeness (QED) is 0.923. The first kappa shape index (κ1) is 17.0. The molecule has 2 aromatic carbocycles. The molecule has 0 spiro atoms. The molecule has 0 bridgehead atoms. The molecule has 0 aliphatic carbocycles. The zero-order valence-corrected chi connectivity index (χ0v) is 14.2. The van der Waals surface area contributed by atoms with Gasteiger partial charge in [-0.3, -0.25) is 4.79 Å². The molecule has 4 heteroatoms. The summed E-state index contributed by atoms with van der Waals surface area (Å²) in [7, 11) is 3.49. The number of aryl methyl sites for hydroxylation is 2. The molecule has 122 valence electrons. The third kappa shape index (κ3) is 3.90. The Bertz CT molecular complexity index is 670. The van der Waals surface area contributed by atoms with Gasteiger partial charge in [-0.15, -0.1) is 0 Å². The summed E-state index contributed by atoms with van der Waals surface area (Å²) in [4.78, 5) is 14.2. The summed E-state index contributed by atoms with van der Waals surface area (Å²) in [6.07, 6.45) is 0. The number of amides is 1. The summed E-state index contributed by atoms with van der Waals surface area (Å²) in [5.74, 6) is 0.903. The van der Waals surface area contributed by atoms with E-state index in [9.17, 15) is 4.79 Å². The number of nitrogens with zero attached hydrogens (tertiary/aromatic N) is 1. The van der Waals surface area contributed by atoms with E-state index >= 15 is 0 Å². The van der Waals surface area contributed by atoms with Crippen molar-refractivity contribution >= 4 is 5.91 Å². The lowest BCUT2D eigenvalue weighted by Gasteiger charge is -2.19. The molecular formula is C19H24N2O2. The number of benzene rings is 2. The Morgan fingerprint density at radius 2 is 1.65 bits per heavy atom. The fourth-order valence-corrected chi connectivity index (χ4v) is 2.80. The summed E-state index contributed by atoms with van der Waals surface area (Å²) >= 11 is 0. The molecule has 4 nitrogen and oxygen atoms in total. The second-order valence-corrected chi connectivity index (χ2v) is 5.83. The van der Waals surface area contributed by atoms with Gasteiger partial charge in [0.2, 0.25) is 0 Å². The normalized spacial score (nSPS) is 10.5. The highest BCUT2D eigenvalue weighted by atomic mass is 16.5. The van der Waals surface area contributed by atoms with Gasteiger partial charge in [0.15, 0.2) is 0 Å². The number of methoxy groups -OCH3 is 1. The maximum atomic E-state index is 12.5. The van der Waals surface area contributed by atoms with E-state index in [2.05, 4.69) is 12.1 Å². The number of hydrogen-bond donors (Lipinski definition) is 1. The number of ether oxygens (including phenoxy) is 1. The van der Waals surface area contributed by atoms with Crippen molar-refractivity contribution in [2.24, 2.45) is 5.73 Å². The predicted molar refractivity (Wildman–Crippen MR) is 92.6 cm³/mol. The SMILES string of the molecule is COc1c(C)cc(CN(C)C(=O)c2ccc(CN)cc2)cc1C. The Balaban J connectivity index is 2.14. The van der Waals surface area contributed by atoms with E-state index in [0.717, 1.165) is 28.0 Å². The molecule has 0 aliphatic rings. The van der Waals surface area contributed by atoms with Crippen molar-refractivity contribution in [1.82, 2.24) is 4.90 Å². The molecule has 0 fully saturated rings. The van der Waals surface area contributed by atoms with E-state index < -0.39 is 0 Å². The third-order valence-electron chi connectivity index (χ3n) is 3.93. The lowest BCUT2D eigenvalue weighted by Crippen LogP contribution is -2.26. The van der Waals surface area contributed by atoms with Crippen LogP contribution in [0.5, 0.6) is 5.75 Å². The van der Waals surface area contributed by atoms with Crippen LogP contribution >= 0.6 is 0 Å². The van der Waals surface area contributed by atoms with Gasteiger partial charge in [-0.25, -0.2) is 0 Å². The first-order valence-electron chi connectivity index (χ1n) is 7.64. The number of rotatable bonds is 5. The van der Waals surface area contributed by atoms with Crippen molar-refractivity contribution in [1.29, 1.82) is 0 Å². The fraction of sp³-hybridized carbons (Fsp3) is 0.316. The van der Waals surface area contributed by atoms with Gasteiger partial charge in [0.05, 0.1) is 7.11 Å². The highest BCUT2D eigenvalue weighted by Crippen LogP contribution is 2.25. The van der Waals surface area contributed by atoms with Crippen LogP contribution in [0.25, 0.3) is 0 Å². The standard InChI is InChI=1S/C19H24N2O2/c1-13-9-16(10-14(2)18(13)23-4)12-21(3)19(22)17-7-5-15(11-20)6-8-17/h5-10H,11-12,20H2,1-4H3. The lowest BCUT2D eigenvalue weighted by atomic mass is 10.0. The molecule has 2 N–H and O–H groups in total. The molecule has 0 saturated carbocycles. The average molecular weight is 312 g/mol. The molecule has 0 aliphatic heterocycles. The molecule has 0 radical (unpaired) electrons. The Morgan fingerprint density at radius 1 is 1.09 bits per heavy atom. The van der Waals surface area contributed by atoms with Gasteiger partial charge in [0.1, 0.15) is 5.75 Å². The smallest absolute Gasteiger partial charge is 0.253 e. The van der Waals surface area contributed by atoms with Crippen LogP contribution in [0.15, 0.2) is 36.4 Å². The van der Waals surface area contributed by atoms with Crippen LogP contribution in [-0.2, 0) is 13.1 Å². The van der Waals surface area contributed by atoms with Crippen LogP contribution in [0.1, 0.15) is 32.6 Å². The highest BCUT2D eigenvalue weighted by Gasteiger charge is 2.13. The minimum atomic E-state index is -0.000282. The van der Waals surface area contributed by atoms with E-state index in [1.165, 1.54) is 0 Å². The second-order valence-electron chi connectivity index (χ2n) is 5.83. The highest BCUT2D eigenvalue weighted by molar-refractivity contribution is 5.94. The minimum Gasteiger partial charge on any atom is -0.496 e. The van der Waals surface area contributed by atoms with Gasteiger partial charge >= 0.3 is 0 Å². The molecule has 0 saturated heterocycles. The summed E-state index contributed by atoms with van der Waals surface area (Å²) < 4.78 is 5.38. The monoisotopic (exact) mass is 312 g/mol. The van der Waals surface area contributed by atoms with Crippen LogP contribution < -0.4 is 10.5 Å². The molecule has 1 amide bonds. The molecule has 0 aromatic heterocycles. The maximum absolute atomic E-state index is 12.5. The number of carbonyl (C=O) groups is 1. The van der Waals surface area contributed by atoms with Crippen molar-refractivity contribution in [3.63, 3.8) is 0 Å². The van der Waals surface area contributed by atoms with Crippen molar-refractivity contribution in [3.8, 4) is 5.75 Å². The Morgan fingerprint density at radius 3 is 2.13 bits per heavy atom. The van der Waals surface area contributed by atoms with E-state index in [1.54, 1.807) is 12.0 Å². The molecule has 2 aromatic rings. The zero-order valence-electron chi connectivity index (χ0n) is 14.2. The zero-order chi connectivity index (χ0) is 17.0. The second kappa shape index (κ2) is 7.29. The largest absolute Gasteiger partial charge is 0.496 e. The molecular weight excluding hydrogens is 288 g/mol. The summed E-state index contributed by atoms with van der Waals surface area (Å²) in [6, 6.07) is 11.6. The molecule has 0 atom stereocenters. The van der Waals surface area contributed by atoms with Crippen LogP contribution in [0.3, 0.4) is 0 Å². The van der Waals surface area contributed by atoms with Gasteiger partial charge in [-0.2, -0.15) is 0 Å². The van der Waals surface area contributed by atoms with Crippen molar-refractivity contribution in [3.05, 3.63) is 64.2 Å². The van der Waals surface area contributed by atoms with Crippen LogP contribution in [-0.4, -0.2) is 25.0 Å². The van der Waals surface area contributed by atoms with E-state index in [4.69, 9.17) is 10.5 Å². The molecule has 0 heterocycles. The lowest BCUT2D eigenvalue weighted by molar-refractivity contribution is 0.0785. The van der Waals surface area contributed by atoms with Crippen LogP contribution in [0.4, 0.5) is 0 Å². The maximum Gasteiger partial charge on any atom is 0.253 e. The number of carbonyl (C=O) groups excluding carboxylic acids is 1. The fourth-order valence-electron chi connectivity index (χ4n) is 2.80. The van der Waals surface area contributed by atoms with Crippen LogP contribution in [0, 0.1) is 13.8 Å². The van der Waals surface area contributed by atoms with E-state index in [1.807, 2.05) is 45.2 Å². The number of hydrogen-bond acceptors (Lipinski definition) is 3. The molecule has 0 unspecified atom stereocenters. The van der Waals surface area contributed by atoms with Crippen LogP contribution in [0.2, 0.25) is 0 Å².